The van der Waals surface area contributed by atoms with E-state index in [-0.39, 0.29) is 10.6 Å². The lowest BCUT2D eigenvalue weighted by Gasteiger charge is -2.11. The van der Waals surface area contributed by atoms with Gasteiger partial charge in [0.25, 0.3) is 5.69 Å². The smallest absolute Gasteiger partial charge is 0.271 e. The van der Waals surface area contributed by atoms with Gasteiger partial charge < -0.3 is 10.1 Å². The molecule has 0 saturated heterocycles. The Balaban J connectivity index is 1.96. The van der Waals surface area contributed by atoms with Crippen LogP contribution >= 0.6 is 0 Å². The molecule has 2 aromatic carbocycles. The standard InChI is InChI=1S/C21H22N4O3/c1-14-10-11-15(25(26)27)13-18(14)24-21-17(8-5-6-12-22-21)20(23-24)16-7-3-4-9-19(16)28-2/h3-4,7,9-11,13,22H,5-6,8,12H2,1-2H3. The van der Waals surface area contributed by atoms with Gasteiger partial charge in [0.2, 0.25) is 0 Å². The molecular formula is C21H22N4O3. The second-order valence-corrected chi connectivity index (χ2v) is 6.90. The van der Waals surface area contributed by atoms with Gasteiger partial charge in [0.1, 0.15) is 17.3 Å². The maximum Gasteiger partial charge on any atom is 0.271 e. The number of benzene rings is 2. The van der Waals surface area contributed by atoms with Crippen molar-refractivity contribution in [3.63, 3.8) is 0 Å². The third-order valence-corrected chi connectivity index (χ3v) is 5.12. The lowest BCUT2D eigenvalue weighted by molar-refractivity contribution is -0.384. The number of nitro groups is 1. The van der Waals surface area contributed by atoms with Gasteiger partial charge >= 0.3 is 0 Å². The number of aromatic nitrogens is 2. The largest absolute Gasteiger partial charge is 0.496 e. The van der Waals surface area contributed by atoms with E-state index in [9.17, 15) is 10.1 Å². The minimum Gasteiger partial charge on any atom is -0.496 e. The summed E-state index contributed by atoms with van der Waals surface area (Å²) in [5.41, 5.74) is 4.58. The quantitative estimate of drug-likeness (QED) is 0.533. The molecule has 0 saturated carbocycles. The zero-order chi connectivity index (χ0) is 19.7. The average Bonchev–Trinajstić information content (AvgIpc) is 2.88. The van der Waals surface area contributed by atoms with Crippen molar-refractivity contribution in [2.45, 2.75) is 26.2 Å². The van der Waals surface area contributed by atoms with Crippen LogP contribution in [0.2, 0.25) is 0 Å². The fourth-order valence-electron chi connectivity index (χ4n) is 3.67. The van der Waals surface area contributed by atoms with E-state index in [1.54, 1.807) is 19.2 Å². The highest BCUT2D eigenvalue weighted by atomic mass is 16.6. The molecule has 0 spiro atoms. The SMILES string of the molecule is COc1ccccc1-c1nn(-c2cc([N+](=O)[O-])ccc2C)c2c1CCCCN2. The van der Waals surface area contributed by atoms with Crippen molar-refractivity contribution in [3.05, 3.63) is 63.7 Å². The number of rotatable bonds is 4. The Morgan fingerprint density at radius 3 is 2.82 bits per heavy atom. The van der Waals surface area contributed by atoms with E-state index in [0.29, 0.717) is 5.69 Å². The number of nitro benzene ring substituents is 1. The number of nitrogens with one attached hydrogen (secondary N) is 1. The molecule has 1 aliphatic heterocycles. The zero-order valence-electron chi connectivity index (χ0n) is 15.9. The van der Waals surface area contributed by atoms with E-state index in [0.717, 1.165) is 59.8 Å². The summed E-state index contributed by atoms with van der Waals surface area (Å²) in [6, 6.07) is 12.7. The molecule has 0 amide bonds. The monoisotopic (exact) mass is 378 g/mol. The first-order valence-corrected chi connectivity index (χ1v) is 9.34. The Labute approximate surface area is 163 Å². The molecule has 0 aliphatic carbocycles. The molecule has 0 unspecified atom stereocenters. The van der Waals surface area contributed by atoms with Crippen LogP contribution in [0.3, 0.4) is 0 Å². The van der Waals surface area contributed by atoms with Crippen LogP contribution in [0.15, 0.2) is 42.5 Å². The molecule has 0 fully saturated rings. The number of aryl methyl sites for hydroxylation is 1. The van der Waals surface area contributed by atoms with E-state index in [1.807, 2.05) is 35.9 Å². The van der Waals surface area contributed by atoms with E-state index in [1.165, 1.54) is 6.07 Å². The van der Waals surface area contributed by atoms with Crippen molar-refractivity contribution in [1.82, 2.24) is 9.78 Å². The summed E-state index contributed by atoms with van der Waals surface area (Å²) < 4.78 is 7.36. The second kappa shape index (κ2) is 7.34. The van der Waals surface area contributed by atoms with Gasteiger partial charge in [-0.1, -0.05) is 18.2 Å². The number of nitrogens with zero attached hydrogens (tertiary/aromatic N) is 3. The molecule has 1 aromatic heterocycles. The van der Waals surface area contributed by atoms with Crippen LogP contribution in [0.1, 0.15) is 24.0 Å². The van der Waals surface area contributed by atoms with Gasteiger partial charge in [0.05, 0.1) is 17.7 Å². The van der Waals surface area contributed by atoms with Crippen LogP contribution in [0, 0.1) is 17.0 Å². The van der Waals surface area contributed by atoms with E-state index in [2.05, 4.69) is 5.32 Å². The topological polar surface area (TPSA) is 82.2 Å². The first-order chi connectivity index (χ1) is 13.6. The fraction of sp³-hybridized carbons (Fsp3) is 0.286. The van der Waals surface area contributed by atoms with E-state index >= 15 is 0 Å². The number of ether oxygens (including phenoxy) is 1. The predicted molar refractivity (Wildman–Crippen MR) is 108 cm³/mol. The Morgan fingerprint density at radius 1 is 1.21 bits per heavy atom. The van der Waals surface area contributed by atoms with Gasteiger partial charge in [-0.05, 0) is 43.9 Å². The Morgan fingerprint density at radius 2 is 2.04 bits per heavy atom. The van der Waals surface area contributed by atoms with Crippen molar-refractivity contribution in [1.29, 1.82) is 0 Å². The molecule has 3 aromatic rings. The molecule has 0 atom stereocenters. The number of fused-ring (bicyclic) bond motifs is 1. The highest BCUT2D eigenvalue weighted by molar-refractivity contribution is 5.76. The fourth-order valence-corrected chi connectivity index (χ4v) is 3.67. The molecule has 4 rings (SSSR count). The number of anilines is 1. The van der Waals surface area contributed by atoms with Crippen LogP contribution in [-0.4, -0.2) is 28.4 Å². The van der Waals surface area contributed by atoms with Crippen molar-refractivity contribution < 1.29 is 9.66 Å². The molecule has 7 heteroatoms. The van der Waals surface area contributed by atoms with Crippen LogP contribution in [0.5, 0.6) is 5.75 Å². The normalized spacial score (nSPS) is 13.4. The first kappa shape index (κ1) is 18.0. The number of non-ortho nitro benzene ring substituents is 1. The molecule has 2 heterocycles. The predicted octanol–water partition coefficient (Wildman–Crippen LogP) is 4.51. The van der Waals surface area contributed by atoms with Crippen molar-refractivity contribution in [3.8, 4) is 22.7 Å². The molecule has 7 nitrogen and oxygen atoms in total. The maximum atomic E-state index is 11.3. The Hall–Kier alpha value is -3.35. The van der Waals surface area contributed by atoms with Gasteiger partial charge in [-0.15, -0.1) is 0 Å². The zero-order valence-corrected chi connectivity index (χ0v) is 15.9. The number of hydrogen-bond donors (Lipinski definition) is 1. The molecule has 0 radical (unpaired) electrons. The maximum absolute atomic E-state index is 11.3. The van der Waals surface area contributed by atoms with Crippen molar-refractivity contribution in [2.75, 3.05) is 19.0 Å². The molecule has 144 valence electrons. The van der Waals surface area contributed by atoms with Gasteiger partial charge in [-0.2, -0.15) is 5.10 Å². The summed E-state index contributed by atoms with van der Waals surface area (Å²) in [5, 5.41) is 19.7. The third-order valence-electron chi connectivity index (χ3n) is 5.12. The Bertz CT molecular complexity index is 1040. The Kier molecular flexibility index (Phi) is 4.73. The minimum absolute atomic E-state index is 0.0531. The van der Waals surface area contributed by atoms with Gasteiger partial charge in [-0.3, -0.25) is 10.1 Å². The molecule has 1 N–H and O–H groups in total. The summed E-state index contributed by atoms with van der Waals surface area (Å²) >= 11 is 0. The lowest BCUT2D eigenvalue weighted by atomic mass is 10.0. The minimum atomic E-state index is -0.375. The molecule has 0 bridgehead atoms. The molecular weight excluding hydrogens is 356 g/mol. The highest BCUT2D eigenvalue weighted by Gasteiger charge is 2.24. The molecule has 28 heavy (non-hydrogen) atoms. The number of para-hydroxylation sites is 1. The van der Waals surface area contributed by atoms with Crippen LogP contribution in [0.4, 0.5) is 11.5 Å². The summed E-state index contributed by atoms with van der Waals surface area (Å²) in [7, 11) is 1.65. The molecule has 1 aliphatic rings. The average molecular weight is 378 g/mol. The summed E-state index contributed by atoms with van der Waals surface area (Å²) in [6.07, 6.45) is 3.01. The summed E-state index contributed by atoms with van der Waals surface area (Å²) in [5.74, 6) is 1.66. The third kappa shape index (κ3) is 3.09. The first-order valence-electron chi connectivity index (χ1n) is 9.34. The van der Waals surface area contributed by atoms with Crippen LogP contribution in [-0.2, 0) is 6.42 Å². The summed E-state index contributed by atoms with van der Waals surface area (Å²) in [6.45, 7) is 2.78. The van der Waals surface area contributed by atoms with Crippen LogP contribution in [0.25, 0.3) is 16.9 Å². The lowest BCUT2D eigenvalue weighted by Crippen LogP contribution is -2.08. The van der Waals surface area contributed by atoms with Gasteiger partial charge in [0.15, 0.2) is 0 Å². The van der Waals surface area contributed by atoms with E-state index in [4.69, 9.17) is 9.84 Å². The summed E-state index contributed by atoms with van der Waals surface area (Å²) in [4.78, 5) is 10.9. The van der Waals surface area contributed by atoms with Crippen LogP contribution < -0.4 is 10.1 Å². The number of hydrogen-bond acceptors (Lipinski definition) is 5. The number of methoxy groups -OCH3 is 1. The van der Waals surface area contributed by atoms with Crippen molar-refractivity contribution in [2.24, 2.45) is 0 Å². The van der Waals surface area contributed by atoms with Gasteiger partial charge in [0, 0.05) is 29.8 Å². The second-order valence-electron chi connectivity index (χ2n) is 6.90. The van der Waals surface area contributed by atoms with E-state index < -0.39 is 0 Å². The highest BCUT2D eigenvalue weighted by Crippen LogP contribution is 2.38. The van der Waals surface area contributed by atoms with Gasteiger partial charge in [-0.25, -0.2) is 4.68 Å². The van der Waals surface area contributed by atoms with Crippen molar-refractivity contribution >= 4 is 11.5 Å².